The smallest absolute Gasteiger partial charge is 0.338 e. The summed E-state index contributed by atoms with van der Waals surface area (Å²) < 4.78 is 23.8. The minimum absolute atomic E-state index is 0.141. The highest BCUT2D eigenvalue weighted by molar-refractivity contribution is 5.92. The molecule has 1 unspecified atom stereocenters. The number of benzene rings is 2. The molecule has 0 amide bonds. The van der Waals surface area contributed by atoms with Crippen LogP contribution < -0.4 is 4.74 Å². The molecule has 0 saturated carbocycles. The molecule has 1 aliphatic heterocycles. The van der Waals surface area contributed by atoms with E-state index in [4.69, 9.17) is 9.47 Å². The van der Waals surface area contributed by atoms with Gasteiger partial charge in [0, 0.05) is 29.2 Å². The Hall–Kier alpha value is -2.96. The number of carbonyl (C=O) groups excluding carboxylic acids is 1. The van der Waals surface area contributed by atoms with Crippen LogP contribution in [0.2, 0.25) is 0 Å². The van der Waals surface area contributed by atoms with Crippen LogP contribution in [-0.4, -0.2) is 24.6 Å². The number of nitro benzene ring substituents is 1. The molecule has 7 heteroatoms. The Morgan fingerprint density at radius 1 is 1.32 bits per heavy atom. The number of aryl methyl sites for hydroxylation is 1. The maximum atomic E-state index is 13.5. The Labute approximate surface area is 143 Å². The lowest BCUT2D eigenvalue weighted by atomic mass is 9.83. The number of esters is 1. The van der Waals surface area contributed by atoms with Gasteiger partial charge in [-0.05, 0) is 31.0 Å². The van der Waals surface area contributed by atoms with Crippen LogP contribution in [0.4, 0.5) is 10.1 Å². The molecular weight excluding hydrogens is 329 g/mol. The van der Waals surface area contributed by atoms with Gasteiger partial charge in [0.2, 0.25) is 0 Å². The summed E-state index contributed by atoms with van der Waals surface area (Å²) in [6.45, 7) is 1.98. The molecule has 2 aromatic rings. The monoisotopic (exact) mass is 345 g/mol. The third-order valence-electron chi connectivity index (χ3n) is 4.36. The molecule has 0 spiro atoms. The summed E-state index contributed by atoms with van der Waals surface area (Å²) >= 11 is 0. The molecule has 130 valence electrons. The minimum Gasteiger partial charge on any atom is -0.493 e. The Kier molecular flexibility index (Phi) is 4.39. The third kappa shape index (κ3) is 3.05. The van der Waals surface area contributed by atoms with Gasteiger partial charge in [-0.15, -0.1) is 0 Å². The molecule has 25 heavy (non-hydrogen) atoms. The number of hydrogen-bond acceptors (Lipinski definition) is 5. The average Bonchev–Trinajstić information content (AvgIpc) is 2.59. The number of nitro groups is 1. The highest BCUT2D eigenvalue weighted by Gasteiger charge is 2.30. The number of halogens is 1. The lowest BCUT2D eigenvalue weighted by molar-refractivity contribution is -0.385. The van der Waals surface area contributed by atoms with Crippen molar-refractivity contribution in [2.75, 3.05) is 13.7 Å². The molecule has 1 aliphatic rings. The van der Waals surface area contributed by atoms with Crippen LogP contribution >= 0.6 is 0 Å². The Bertz CT molecular complexity index is 865. The lowest BCUT2D eigenvalue weighted by Crippen LogP contribution is -2.19. The van der Waals surface area contributed by atoms with Gasteiger partial charge in [-0.25, -0.2) is 9.18 Å². The first kappa shape index (κ1) is 16.9. The molecule has 3 rings (SSSR count). The van der Waals surface area contributed by atoms with E-state index in [2.05, 4.69) is 0 Å². The fourth-order valence-corrected chi connectivity index (χ4v) is 3.18. The van der Waals surface area contributed by atoms with E-state index in [0.29, 0.717) is 29.9 Å². The van der Waals surface area contributed by atoms with Crippen molar-refractivity contribution in [3.8, 4) is 5.75 Å². The van der Waals surface area contributed by atoms with E-state index < -0.39 is 16.7 Å². The largest absolute Gasteiger partial charge is 0.493 e. The molecule has 2 aromatic carbocycles. The lowest BCUT2D eigenvalue weighted by Gasteiger charge is -2.27. The summed E-state index contributed by atoms with van der Waals surface area (Å²) in [6, 6.07) is 7.13. The van der Waals surface area contributed by atoms with Gasteiger partial charge < -0.3 is 9.47 Å². The van der Waals surface area contributed by atoms with Gasteiger partial charge in [0.25, 0.3) is 5.69 Å². The Morgan fingerprint density at radius 3 is 2.76 bits per heavy atom. The molecule has 0 radical (unpaired) electrons. The first-order chi connectivity index (χ1) is 11.9. The van der Waals surface area contributed by atoms with E-state index in [1.807, 2.05) is 0 Å². The maximum absolute atomic E-state index is 13.5. The van der Waals surface area contributed by atoms with Crippen LogP contribution in [0, 0.1) is 22.9 Å². The molecule has 0 N–H and O–H groups in total. The highest BCUT2D eigenvalue weighted by atomic mass is 19.1. The molecular formula is C18H16FNO5. The second-order valence-electron chi connectivity index (χ2n) is 5.85. The molecule has 1 atom stereocenters. The van der Waals surface area contributed by atoms with Gasteiger partial charge in [0.05, 0.1) is 24.2 Å². The maximum Gasteiger partial charge on any atom is 0.338 e. The van der Waals surface area contributed by atoms with Gasteiger partial charge in [-0.2, -0.15) is 0 Å². The topological polar surface area (TPSA) is 78.7 Å². The van der Waals surface area contributed by atoms with E-state index in [0.717, 1.165) is 5.56 Å². The van der Waals surface area contributed by atoms with Crippen molar-refractivity contribution in [1.82, 2.24) is 0 Å². The van der Waals surface area contributed by atoms with Crippen molar-refractivity contribution in [1.29, 1.82) is 0 Å². The van der Waals surface area contributed by atoms with Crippen LogP contribution in [-0.2, 0) is 4.74 Å². The zero-order chi connectivity index (χ0) is 18.1. The number of nitrogens with zero attached hydrogens (tertiary/aromatic N) is 1. The molecule has 0 aromatic heterocycles. The fourth-order valence-electron chi connectivity index (χ4n) is 3.18. The first-order valence-corrected chi connectivity index (χ1v) is 7.72. The standard InChI is InChI=1S/C18H16FNO5/c1-10-7-14(15(18(21)24-2)9-16(10)20(22)23)12-5-6-25-17-8-11(19)3-4-13(12)17/h3-4,7-9,12H,5-6H2,1-2H3. The van der Waals surface area contributed by atoms with E-state index in [1.54, 1.807) is 19.1 Å². The van der Waals surface area contributed by atoms with Crippen molar-refractivity contribution >= 4 is 11.7 Å². The van der Waals surface area contributed by atoms with Gasteiger partial charge in [0.15, 0.2) is 0 Å². The highest BCUT2D eigenvalue weighted by Crippen LogP contribution is 2.41. The number of carbonyl (C=O) groups is 1. The molecule has 0 bridgehead atoms. The number of hydrogen-bond donors (Lipinski definition) is 0. The third-order valence-corrected chi connectivity index (χ3v) is 4.36. The summed E-state index contributed by atoms with van der Waals surface area (Å²) in [7, 11) is 1.23. The van der Waals surface area contributed by atoms with Crippen LogP contribution in [0.25, 0.3) is 0 Å². The van der Waals surface area contributed by atoms with Gasteiger partial charge in [0.1, 0.15) is 11.6 Å². The van der Waals surface area contributed by atoms with Crippen LogP contribution in [0.1, 0.15) is 39.4 Å². The predicted octanol–water partition coefficient (Wildman–Crippen LogP) is 3.74. The van der Waals surface area contributed by atoms with E-state index in [9.17, 15) is 19.3 Å². The summed E-state index contributed by atoms with van der Waals surface area (Å²) in [5.74, 6) is -0.873. The number of rotatable bonds is 3. The molecule has 0 aliphatic carbocycles. The first-order valence-electron chi connectivity index (χ1n) is 7.72. The zero-order valence-electron chi connectivity index (χ0n) is 13.7. The minimum atomic E-state index is -0.645. The van der Waals surface area contributed by atoms with Crippen molar-refractivity contribution in [3.63, 3.8) is 0 Å². The predicted molar refractivity (Wildman–Crippen MR) is 87.5 cm³/mol. The Balaban J connectivity index is 2.19. The Morgan fingerprint density at radius 2 is 2.08 bits per heavy atom. The van der Waals surface area contributed by atoms with Crippen molar-refractivity contribution in [3.05, 3.63) is 68.5 Å². The number of fused-ring (bicyclic) bond motifs is 1. The fraction of sp³-hybridized carbons (Fsp3) is 0.278. The molecule has 6 nitrogen and oxygen atoms in total. The molecule has 0 saturated heterocycles. The second-order valence-corrected chi connectivity index (χ2v) is 5.85. The average molecular weight is 345 g/mol. The number of ether oxygens (including phenoxy) is 2. The van der Waals surface area contributed by atoms with Gasteiger partial charge in [-0.3, -0.25) is 10.1 Å². The van der Waals surface area contributed by atoms with E-state index >= 15 is 0 Å². The van der Waals surface area contributed by atoms with Crippen LogP contribution in [0.15, 0.2) is 30.3 Å². The zero-order valence-corrected chi connectivity index (χ0v) is 13.7. The molecule has 1 heterocycles. The van der Waals surface area contributed by atoms with Gasteiger partial charge in [-0.1, -0.05) is 6.07 Å². The van der Waals surface area contributed by atoms with Crippen molar-refractivity contribution in [2.24, 2.45) is 0 Å². The van der Waals surface area contributed by atoms with Crippen LogP contribution in [0.3, 0.4) is 0 Å². The summed E-state index contributed by atoms with van der Waals surface area (Å²) in [5.41, 5.74) is 1.80. The summed E-state index contributed by atoms with van der Waals surface area (Å²) in [4.78, 5) is 22.9. The van der Waals surface area contributed by atoms with E-state index in [-0.39, 0.29) is 17.2 Å². The quantitative estimate of drug-likeness (QED) is 0.481. The SMILES string of the molecule is COC(=O)c1cc([N+](=O)[O-])c(C)cc1C1CCOc2cc(F)ccc21. The number of methoxy groups -OCH3 is 1. The molecule has 0 fully saturated rings. The van der Waals surface area contributed by atoms with Crippen molar-refractivity contribution in [2.45, 2.75) is 19.3 Å². The second kappa shape index (κ2) is 6.51. The summed E-state index contributed by atoms with van der Waals surface area (Å²) in [5, 5.41) is 11.2. The normalized spacial score (nSPS) is 15.9. The van der Waals surface area contributed by atoms with E-state index in [1.165, 1.54) is 25.3 Å². The summed E-state index contributed by atoms with van der Waals surface area (Å²) in [6.07, 6.45) is 0.569. The van der Waals surface area contributed by atoms with Crippen LogP contribution in [0.5, 0.6) is 5.75 Å². The van der Waals surface area contributed by atoms with Crippen molar-refractivity contribution < 1.29 is 23.6 Å². The van der Waals surface area contributed by atoms with Gasteiger partial charge >= 0.3 is 5.97 Å².